The van der Waals surface area contributed by atoms with Crippen molar-refractivity contribution in [3.8, 4) is 11.5 Å². The Morgan fingerprint density at radius 1 is 1.10 bits per heavy atom. The molecular weight excluding hydrogens is 248 g/mol. The number of nitrogens with zero attached hydrogens (tertiary/aromatic N) is 1. The maximum Gasteiger partial charge on any atom is 0.147 e. The minimum Gasteiger partial charge on any atom is -0.455 e. The monoisotopic (exact) mass is 270 g/mol. The molecule has 2 aromatic rings. The quantitative estimate of drug-likeness (QED) is 0.860. The molecule has 2 rings (SSSR count). The number of hydrogen-bond donors (Lipinski definition) is 1. The normalized spacial score (nSPS) is 10.4. The maximum atomic E-state index is 5.99. The smallest absolute Gasteiger partial charge is 0.147 e. The number of pyridine rings is 1. The van der Waals surface area contributed by atoms with E-state index in [9.17, 15) is 0 Å². The van der Waals surface area contributed by atoms with Crippen LogP contribution in [0.5, 0.6) is 11.5 Å². The number of ether oxygens (including phenoxy) is 1. The van der Waals surface area contributed by atoms with Gasteiger partial charge in [0.2, 0.25) is 0 Å². The van der Waals surface area contributed by atoms with Crippen molar-refractivity contribution >= 4 is 5.69 Å². The molecule has 0 aliphatic carbocycles. The topological polar surface area (TPSA) is 34.2 Å². The van der Waals surface area contributed by atoms with Crippen LogP contribution in [0.25, 0.3) is 0 Å². The van der Waals surface area contributed by atoms with E-state index in [1.165, 1.54) is 16.7 Å². The van der Waals surface area contributed by atoms with Crippen LogP contribution in [0.4, 0.5) is 5.69 Å². The van der Waals surface area contributed by atoms with Gasteiger partial charge in [-0.05, 0) is 49.9 Å². The summed E-state index contributed by atoms with van der Waals surface area (Å²) < 4.78 is 5.99. The largest absolute Gasteiger partial charge is 0.455 e. The van der Waals surface area contributed by atoms with Crippen molar-refractivity contribution in [3.63, 3.8) is 0 Å². The number of aromatic nitrogens is 1. The van der Waals surface area contributed by atoms with Gasteiger partial charge in [-0.15, -0.1) is 0 Å². The standard InChI is InChI=1S/C17H22N2O/c1-5-6-19-15-9-16(11-18-10-15)20-17-8-12(2)7-13(3)14(17)4/h7-11,19H,5-6H2,1-4H3. The molecule has 106 valence electrons. The summed E-state index contributed by atoms with van der Waals surface area (Å²) in [5, 5.41) is 3.32. The SMILES string of the molecule is CCCNc1cncc(Oc2cc(C)cc(C)c2C)c1. The van der Waals surface area contributed by atoms with Crippen LogP contribution in [0.15, 0.2) is 30.6 Å². The molecular formula is C17H22N2O. The molecule has 0 atom stereocenters. The molecule has 0 unspecified atom stereocenters. The molecule has 0 aliphatic rings. The van der Waals surface area contributed by atoms with Crippen LogP contribution in [-0.2, 0) is 0 Å². The van der Waals surface area contributed by atoms with Crippen LogP contribution in [0.2, 0.25) is 0 Å². The van der Waals surface area contributed by atoms with E-state index in [0.717, 1.165) is 30.2 Å². The highest BCUT2D eigenvalue weighted by molar-refractivity contribution is 5.48. The predicted octanol–water partition coefficient (Wildman–Crippen LogP) is 4.62. The van der Waals surface area contributed by atoms with Gasteiger partial charge in [-0.3, -0.25) is 4.98 Å². The van der Waals surface area contributed by atoms with E-state index >= 15 is 0 Å². The van der Waals surface area contributed by atoms with Crippen LogP contribution < -0.4 is 10.1 Å². The fourth-order valence-electron chi connectivity index (χ4n) is 2.07. The third-order valence-corrected chi connectivity index (χ3v) is 3.28. The zero-order chi connectivity index (χ0) is 14.5. The minimum atomic E-state index is 0.763. The fraction of sp³-hybridized carbons (Fsp3) is 0.353. The number of anilines is 1. The summed E-state index contributed by atoms with van der Waals surface area (Å²) in [5.74, 6) is 1.66. The number of aryl methyl sites for hydroxylation is 2. The summed E-state index contributed by atoms with van der Waals surface area (Å²) in [4.78, 5) is 4.22. The third-order valence-electron chi connectivity index (χ3n) is 3.28. The highest BCUT2D eigenvalue weighted by Gasteiger charge is 2.06. The van der Waals surface area contributed by atoms with E-state index in [2.05, 4.69) is 50.1 Å². The van der Waals surface area contributed by atoms with E-state index in [-0.39, 0.29) is 0 Å². The molecule has 1 aromatic heterocycles. The Bertz CT molecular complexity index is 594. The molecule has 0 radical (unpaired) electrons. The van der Waals surface area contributed by atoms with Gasteiger partial charge >= 0.3 is 0 Å². The van der Waals surface area contributed by atoms with Crippen molar-refractivity contribution in [2.75, 3.05) is 11.9 Å². The summed E-state index contributed by atoms with van der Waals surface area (Å²) >= 11 is 0. The van der Waals surface area contributed by atoms with Crippen molar-refractivity contribution in [2.24, 2.45) is 0 Å². The van der Waals surface area contributed by atoms with Gasteiger partial charge in [0.05, 0.1) is 18.1 Å². The van der Waals surface area contributed by atoms with Gasteiger partial charge in [-0.1, -0.05) is 13.0 Å². The van der Waals surface area contributed by atoms with Crippen LogP contribution >= 0.6 is 0 Å². The van der Waals surface area contributed by atoms with E-state index < -0.39 is 0 Å². The molecule has 1 aromatic carbocycles. The third kappa shape index (κ3) is 3.50. The molecule has 3 nitrogen and oxygen atoms in total. The zero-order valence-electron chi connectivity index (χ0n) is 12.7. The molecule has 3 heteroatoms. The summed E-state index contributed by atoms with van der Waals surface area (Å²) in [6.45, 7) is 9.34. The molecule has 0 spiro atoms. The van der Waals surface area contributed by atoms with Crippen molar-refractivity contribution in [1.29, 1.82) is 0 Å². The second-order valence-electron chi connectivity index (χ2n) is 5.14. The second-order valence-corrected chi connectivity index (χ2v) is 5.14. The van der Waals surface area contributed by atoms with E-state index in [4.69, 9.17) is 4.74 Å². The first-order valence-electron chi connectivity index (χ1n) is 7.04. The van der Waals surface area contributed by atoms with E-state index in [1.807, 2.05) is 12.3 Å². The molecule has 0 aliphatic heterocycles. The number of benzene rings is 1. The van der Waals surface area contributed by atoms with Crippen molar-refractivity contribution < 1.29 is 4.74 Å². The molecule has 0 saturated carbocycles. The van der Waals surface area contributed by atoms with Crippen LogP contribution in [0, 0.1) is 20.8 Å². The molecule has 0 bridgehead atoms. The summed E-state index contributed by atoms with van der Waals surface area (Å²) in [7, 11) is 0. The van der Waals surface area contributed by atoms with Crippen molar-refractivity contribution in [1.82, 2.24) is 4.98 Å². The van der Waals surface area contributed by atoms with Crippen LogP contribution in [0.3, 0.4) is 0 Å². The lowest BCUT2D eigenvalue weighted by atomic mass is 10.1. The Kier molecular flexibility index (Phi) is 4.61. The van der Waals surface area contributed by atoms with Gasteiger partial charge < -0.3 is 10.1 Å². The first-order chi connectivity index (χ1) is 9.60. The highest BCUT2D eigenvalue weighted by atomic mass is 16.5. The summed E-state index contributed by atoms with van der Waals surface area (Å²) in [6.07, 6.45) is 4.65. The van der Waals surface area contributed by atoms with E-state index in [1.54, 1.807) is 6.20 Å². The molecule has 1 heterocycles. The lowest BCUT2D eigenvalue weighted by Crippen LogP contribution is -2.00. The Labute approximate surface area is 121 Å². The van der Waals surface area contributed by atoms with Gasteiger partial charge in [-0.25, -0.2) is 0 Å². The molecule has 1 N–H and O–H groups in total. The van der Waals surface area contributed by atoms with Gasteiger partial charge in [0.15, 0.2) is 0 Å². The zero-order valence-corrected chi connectivity index (χ0v) is 12.7. The maximum absolute atomic E-state index is 5.99. The predicted molar refractivity (Wildman–Crippen MR) is 83.7 cm³/mol. The van der Waals surface area contributed by atoms with E-state index in [0.29, 0.717) is 0 Å². The fourth-order valence-corrected chi connectivity index (χ4v) is 2.07. The Morgan fingerprint density at radius 2 is 1.90 bits per heavy atom. The average Bonchev–Trinajstić information content (AvgIpc) is 2.42. The van der Waals surface area contributed by atoms with Crippen LogP contribution in [-0.4, -0.2) is 11.5 Å². The molecule has 0 fully saturated rings. The molecule has 20 heavy (non-hydrogen) atoms. The summed E-state index contributed by atoms with van der Waals surface area (Å²) in [6, 6.07) is 6.22. The Balaban J connectivity index is 2.21. The Hall–Kier alpha value is -2.03. The lowest BCUT2D eigenvalue weighted by Gasteiger charge is -2.13. The Morgan fingerprint density at radius 3 is 2.65 bits per heavy atom. The van der Waals surface area contributed by atoms with Gasteiger partial charge in [-0.2, -0.15) is 0 Å². The second kappa shape index (κ2) is 6.42. The molecule has 0 saturated heterocycles. The highest BCUT2D eigenvalue weighted by Crippen LogP contribution is 2.29. The van der Waals surface area contributed by atoms with Crippen LogP contribution in [0.1, 0.15) is 30.0 Å². The first kappa shape index (κ1) is 14.4. The number of hydrogen-bond acceptors (Lipinski definition) is 3. The van der Waals surface area contributed by atoms with Gasteiger partial charge in [0.25, 0.3) is 0 Å². The minimum absolute atomic E-state index is 0.763. The van der Waals surface area contributed by atoms with Crippen molar-refractivity contribution in [3.05, 3.63) is 47.3 Å². The number of rotatable bonds is 5. The first-order valence-corrected chi connectivity index (χ1v) is 7.04. The average molecular weight is 270 g/mol. The number of nitrogens with one attached hydrogen (secondary N) is 1. The lowest BCUT2D eigenvalue weighted by molar-refractivity contribution is 0.476. The van der Waals surface area contributed by atoms with Gasteiger partial charge in [0.1, 0.15) is 11.5 Å². The van der Waals surface area contributed by atoms with Crippen molar-refractivity contribution in [2.45, 2.75) is 34.1 Å². The van der Waals surface area contributed by atoms with Gasteiger partial charge in [0, 0.05) is 12.6 Å². The summed E-state index contributed by atoms with van der Waals surface area (Å²) in [5.41, 5.74) is 4.61. The molecule has 0 amide bonds.